The molecular weight excluding hydrogens is 517 g/mol. The standard InChI is InChI=1S/C29H44FN5O5/c1-27(2,3)22(33-26(40)34-29(6,7)15-30)25(39)35-14-17-11-12-28(4,5)19(17)20(35)24(38)32-18(21(36)23(31)37)13-16-9-8-10-16/h16-20,22H,8-10,13-15H2,1-7H3,(H2,31,37)(H,32,38)(H2,33,34,40)/t17?,18?,19-,20-,22+/m0/s1. The first-order chi connectivity index (χ1) is 18.4. The van der Waals surface area contributed by atoms with Crippen LogP contribution >= 0.6 is 0 Å². The number of nitrogens with zero attached hydrogens (tertiary/aromatic N) is 1. The number of amides is 5. The number of urea groups is 1. The van der Waals surface area contributed by atoms with E-state index < -0.39 is 70.7 Å². The zero-order valence-electron chi connectivity index (χ0n) is 24.7. The third-order valence-electron chi connectivity index (χ3n) is 8.31. The summed E-state index contributed by atoms with van der Waals surface area (Å²) in [6.07, 6.45) is 3.13. The number of carbonyl (C=O) groups is 5. The maximum absolute atomic E-state index is 14.1. The van der Waals surface area contributed by atoms with Gasteiger partial charge < -0.3 is 26.6 Å². The number of hydrogen-bond acceptors (Lipinski definition) is 5. The second-order valence-corrected chi connectivity index (χ2v) is 13.8. The Labute approximate surface area is 236 Å². The van der Waals surface area contributed by atoms with E-state index >= 15 is 0 Å². The molecule has 0 bridgehead atoms. The molecule has 40 heavy (non-hydrogen) atoms. The van der Waals surface area contributed by atoms with E-state index in [1.807, 2.05) is 13.8 Å². The van der Waals surface area contributed by atoms with Gasteiger partial charge in [0.2, 0.25) is 17.6 Å². The number of primary amides is 1. The Morgan fingerprint density at radius 1 is 1.07 bits per heavy atom. The Morgan fingerprint density at radius 3 is 2.20 bits per heavy atom. The van der Waals surface area contributed by atoms with Gasteiger partial charge >= 0.3 is 6.03 Å². The highest BCUT2D eigenvalue weighted by molar-refractivity contribution is 6.37. The van der Waals surface area contributed by atoms with Gasteiger partial charge in [0.15, 0.2) is 0 Å². The van der Waals surface area contributed by atoms with Crippen LogP contribution in [0.5, 0.6) is 0 Å². The van der Waals surface area contributed by atoms with Crippen molar-refractivity contribution >= 4 is 29.5 Å². The summed E-state index contributed by atoms with van der Waals surface area (Å²) in [6, 6.07) is -3.84. The van der Waals surface area contributed by atoms with Crippen LogP contribution in [-0.2, 0) is 19.2 Å². The first kappa shape index (κ1) is 31.4. The highest BCUT2D eigenvalue weighted by atomic mass is 19.1. The SMILES string of the molecule is CC(C)(CF)NC(=O)N[C@H](C(=O)N1CC2C#CC(C)(C)[C@@H]2[C@H]1C(=O)NC(CC1CCC1)C(=O)C(N)=O)C(C)(C)C. The first-order valence-corrected chi connectivity index (χ1v) is 14.0. The van der Waals surface area contributed by atoms with Crippen LogP contribution in [0.3, 0.4) is 0 Å². The van der Waals surface area contributed by atoms with E-state index in [-0.39, 0.29) is 24.3 Å². The summed E-state index contributed by atoms with van der Waals surface area (Å²) in [7, 11) is 0. The van der Waals surface area contributed by atoms with E-state index in [9.17, 15) is 28.4 Å². The average Bonchev–Trinajstić information content (AvgIpc) is 3.34. The van der Waals surface area contributed by atoms with E-state index in [0.717, 1.165) is 19.3 Å². The van der Waals surface area contributed by atoms with Crippen molar-refractivity contribution in [1.29, 1.82) is 0 Å². The molecule has 1 saturated carbocycles. The molecule has 1 saturated heterocycles. The molecule has 5 amide bonds. The Bertz CT molecular complexity index is 1110. The number of fused-ring (bicyclic) bond motifs is 1. The molecule has 0 radical (unpaired) electrons. The lowest BCUT2D eigenvalue weighted by Gasteiger charge is -2.38. The third-order valence-corrected chi connectivity index (χ3v) is 8.31. The van der Waals surface area contributed by atoms with E-state index in [1.165, 1.54) is 18.7 Å². The maximum atomic E-state index is 14.1. The molecule has 11 heteroatoms. The molecule has 2 aliphatic carbocycles. The Hall–Kier alpha value is -3.16. The normalized spacial score (nSPS) is 25.0. The van der Waals surface area contributed by atoms with E-state index in [2.05, 4.69) is 27.8 Å². The van der Waals surface area contributed by atoms with Crippen LogP contribution in [-0.4, -0.2) is 71.3 Å². The number of halogens is 1. The van der Waals surface area contributed by atoms with Gasteiger partial charge in [0, 0.05) is 23.8 Å². The summed E-state index contributed by atoms with van der Waals surface area (Å²) in [5.41, 5.74) is 2.80. The number of nitrogens with two attached hydrogens (primary N) is 1. The molecule has 222 valence electrons. The molecule has 2 fully saturated rings. The van der Waals surface area contributed by atoms with Crippen molar-refractivity contribution in [2.75, 3.05) is 13.2 Å². The van der Waals surface area contributed by atoms with Crippen molar-refractivity contribution in [3.63, 3.8) is 0 Å². The second kappa shape index (κ2) is 11.4. The van der Waals surface area contributed by atoms with Gasteiger partial charge in [0.05, 0.1) is 11.6 Å². The van der Waals surface area contributed by atoms with Crippen LogP contribution in [0.2, 0.25) is 0 Å². The number of likely N-dealkylation sites (tertiary alicyclic amines) is 1. The number of hydrogen-bond donors (Lipinski definition) is 4. The lowest BCUT2D eigenvalue weighted by molar-refractivity contribution is -0.145. The second-order valence-electron chi connectivity index (χ2n) is 13.8. The molecule has 5 atom stereocenters. The van der Waals surface area contributed by atoms with Crippen LogP contribution in [0.1, 0.15) is 74.1 Å². The Balaban J connectivity index is 1.91. The Morgan fingerprint density at radius 2 is 1.70 bits per heavy atom. The molecule has 0 aromatic rings. The van der Waals surface area contributed by atoms with E-state index in [0.29, 0.717) is 6.42 Å². The molecule has 10 nitrogen and oxygen atoms in total. The minimum absolute atomic E-state index is 0.168. The van der Waals surface area contributed by atoms with E-state index in [4.69, 9.17) is 5.73 Å². The minimum atomic E-state index is -1.13. The molecule has 0 spiro atoms. The molecule has 3 rings (SSSR count). The van der Waals surface area contributed by atoms with Gasteiger partial charge in [-0.3, -0.25) is 19.2 Å². The first-order valence-electron chi connectivity index (χ1n) is 14.0. The highest BCUT2D eigenvalue weighted by Gasteiger charge is 2.57. The number of alkyl halides is 1. The summed E-state index contributed by atoms with van der Waals surface area (Å²) in [5, 5.41) is 7.99. The molecule has 5 N–H and O–H groups in total. The van der Waals surface area contributed by atoms with Crippen molar-refractivity contribution < 1.29 is 28.4 Å². The fourth-order valence-electron chi connectivity index (χ4n) is 5.82. The number of Topliss-reactive ketones (excluding diaryl/α,β-unsaturated/α-hetero) is 1. The summed E-state index contributed by atoms with van der Waals surface area (Å²) >= 11 is 0. The van der Waals surface area contributed by atoms with Crippen LogP contribution in [0.4, 0.5) is 9.18 Å². The number of nitrogens with one attached hydrogen (secondary N) is 3. The lowest BCUT2D eigenvalue weighted by Crippen LogP contribution is -2.62. The number of ketones is 1. The van der Waals surface area contributed by atoms with Gasteiger partial charge in [0.25, 0.3) is 5.91 Å². The predicted molar refractivity (Wildman–Crippen MR) is 147 cm³/mol. The molecule has 2 unspecified atom stereocenters. The zero-order chi connectivity index (χ0) is 30.2. The smallest absolute Gasteiger partial charge is 0.315 e. The van der Waals surface area contributed by atoms with Crippen molar-refractivity contribution in [3.05, 3.63) is 0 Å². The molecule has 0 aromatic heterocycles. The van der Waals surface area contributed by atoms with Crippen LogP contribution in [0.15, 0.2) is 0 Å². The Kier molecular flexibility index (Phi) is 8.92. The van der Waals surface area contributed by atoms with Crippen molar-refractivity contribution in [2.45, 2.75) is 97.8 Å². The van der Waals surface area contributed by atoms with Gasteiger partial charge in [-0.2, -0.15) is 0 Å². The third kappa shape index (κ3) is 6.76. The fourth-order valence-corrected chi connectivity index (χ4v) is 5.82. The van der Waals surface area contributed by atoms with Crippen molar-refractivity contribution in [1.82, 2.24) is 20.9 Å². The lowest BCUT2D eigenvalue weighted by atomic mass is 9.74. The van der Waals surface area contributed by atoms with Crippen LogP contribution < -0.4 is 21.7 Å². The zero-order valence-corrected chi connectivity index (χ0v) is 24.7. The van der Waals surface area contributed by atoms with Gasteiger partial charge in [0.1, 0.15) is 18.8 Å². The molecule has 3 aliphatic rings. The summed E-state index contributed by atoms with van der Waals surface area (Å²) in [5.74, 6) is 2.87. The fraction of sp³-hybridized carbons (Fsp3) is 0.759. The van der Waals surface area contributed by atoms with Gasteiger partial charge in [-0.05, 0) is 45.4 Å². The number of carbonyl (C=O) groups excluding carboxylic acids is 5. The highest BCUT2D eigenvalue weighted by Crippen LogP contribution is 2.46. The van der Waals surface area contributed by atoms with E-state index in [1.54, 1.807) is 20.8 Å². The topological polar surface area (TPSA) is 151 Å². The minimum Gasteiger partial charge on any atom is -0.363 e. The predicted octanol–water partition coefficient (Wildman–Crippen LogP) is 1.66. The quantitative estimate of drug-likeness (QED) is 0.236. The van der Waals surface area contributed by atoms with Gasteiger partial charge in [-0.1, -0.05) is 51.9 Å². The van der Waals surface area contributed by atoms with Crippen LogP contribution in [0.25, 0.3) is 0 Å². The molecular formula is C29H44FN5O5. The molecule has 0 aromatic carbocycles. The molecule has 1 heterocycles. The summed E-state index contributed by atoms with van der Waals surface area (Å²) < 4.78 is 13.3. The van der Waals surface area contributed by atoms with Gasteiger partial charge in [-0.25, -0.2) is 9.18 Å². The maximum Gasteiger partial charge on any atom is 0.315 e. The molecule has 1 aliphatic heterocycles. The van der Waals surface area contributed by atoms with Gasteiger partial charge in [-0.15, -0.1) is 0 Å². The monoisotopic (exact) mass is 561 g/mol. The largest absolute Gasteiger partial charge is 0.363 e. The summed E-state index contributed by atoms with van der Waals surface area (Å²) in [6.45, 7) is 11.6. The van der Waals surface area contributed by atoms with Crippen molar-refractivity contribution in [2.24, 2.45) is 34.3 Å². The average molecular weight is 562 g/mol. The summed E-state index contributed by atoms with van der Waals surface area (Å²) in [4.78, 5) is 66.7. The number of rotatable bonds is 10. The van der Waals surface area contributed by atoms with Crippen LogP contribution in [0, 0.1) is 40.4 Å². The van der Waals surface area contributed by atoms with Crippen molar-refractivity contribution in [3.8, 4) is 11.8 Å².